The minimum Gasteiger partial charge on any atom is -0.361 e. The molecule has 5 nitrogen and oxygen atoms in total. The van der Waals surface area contributed by atoms with Crippen LogP contribution in [0.2, 0.25) is 0 Å². The molecule has 0 N–H and O–H groups in total. The van der Waals surface area contributed by atoms with E-state index in [-0.39, 0.29) is 0 Å². The Morgan fingerprint density at radius 1 is 1.10 bits per heavy atom. The Hall–Kier alpha value is -2.43. The zero-order valence-electron chi connectivity index (χ0n) is 12.7. The summed E-state index contributed by atoms with van der Waals surface area (Å²) in [7, 11) is 0. The highest BCUT2D eigenvalue weighted by Crippen LogP contribution is 2.19. The lowest BCUT2D eigenvalue weighted by Crippen LogP contribution is -2.05. The number of nitrogens with zero attached hydrogens (tertiary/aromatic N) is 4. The molecule has 0 radical (unpaired) electrons. The van der Waals surface area contributed by atoms with Gasteiger partial charge in [0, 0.05) is 6.07 Å². The van der Waals surface area contributed by atoms with E-state index in [1.54, 1.807) is 0 Å². The predicted octanol–water partition coefficient (Wildman–Crippen LogP) is 3.08. The van der Waals surface area contributed by atoms with Gasteiger partial charge in [-0.1, -0.05) is 17.3 Å². The molecule has 0 spiro atoms. The largest absolute Gasteiger partial charge is 0.361 e. The number of aromatic nitrogens is 4. The van der Waals surface area contributed by atoms with Crippen molar-refractivity contribution >= 4 is 0 Å². The second-order valence-electron chi connectivity index (χ2n) is 5.39. The van der Waals surface area contributed by atoms with Crippen LogP contribution in [0.15, 0.2) is 28.8 Å². The molecule has 0 fully saturated rings. The average Bonchev–Trinajstić information content (AvgIpc) is 2.99. The molecular weight excluding hydrogens is 264 g/mol. The Kier molecular flexibility index (Phi) is 3.33. The van der Waals surface area contributed by atoms with Gasteiger partial charge in [-0.05, 0) is 44.9 Å². The fourth-order valence-electron chi connectivity index (χ4n) is 2.37. The van der Waals surface area contributed by atoms with Crippen LogP contribution in [-0.2, 0) is 6.42 Å². The standard InChI is InChI=1S/C16H18N4O/c1-10-5-6-11(2)15(7-10)20-16(17-13(4)18-20)9-14-8-12(3)19-21-14/h5-8H,9H2,1-4H3. The van der Waals surface area contributed by atoms with Crippen molar-refractivity contribution in [2.45, 2.75) is 34.1 Å². The number of hydrogen-bond donors (Lipinski definition) is 0. The molecule has 2 heterocycles. The molecule has 0 atom stereocenters. The van der Waals surface area contributed by atoms with E-state index in [2.05, 4.69) is 47.3 Å². The molecule has 0 saturated heterocycles. The predicted molar refractivity (Wildman–Crippen MR) is 79.6 cm³/mol. The van der Waals surface area contributed by atoms with Crippen molar-refractivity contribution in [3.8, 4) is 5.69 Å². The minimum atomic E-state index is 0.578. The second-order valence-corrected chi connectivity index (χ2v) is 5.39. The molecule has 108 valence electrons. The molecule has 0 aliphatic heterocycles. The van der Waals surface area contributed by atoms with E-state index in [0.717, 1.165) is 28.8 Å². The average molecular weight is 282 g/mol. The molecule has 0 aliphatic rings. The summed E-state index contributed by atoms with van der Waals surface area (Å²) in [6.45, 7) is 7.96. The highest BCUT2D eigenvalue weighted by molar-refractivity contribution is 5.43. The van der Waals surface area contributed by atoms with E-state index < -0.39 is 0 Å². The maximum atomic E-state index is 5.29. The lowest BCUT2D eigenvalue weighted by Gasteiger charge is -2.09. The Labute approximate surface area is 123 Å². The summed E-state index contributed by atoms with van der Waals surface area (Å²) in [6, 6.07) is 8.25. The molecule has 2 aromatic heterocycles. The summed E-state index contributed by atoms with van der Waals surface area (Å²) in [5.74, 6) is 2.41. The van der Waals surface area contributed by atoms with E-state index in [4.69, 9.17) is 4.52 Å². The van der Waals surface area contributed by atoms with Crippen LogP contribution in [-0.4, -0.2) is 19.9 Å². The number of hydrogen-bond acceptors (Lipinski definition) is 4. The van der Waals surface area contributed by atoms with Gasteiger partial charge in [-0.25, -0.2) is 9.67 Å². The summed E-state index contributed by atoms with van der Waals surface area (Å²) in [6.07, 6.45) is 0.578. The molecule has 5 heteroatoms. The van der Waals surface area contributed by atoms with Gasteiger partial charge in [-0.3, -0.25) is 0 Å². The monoisotopic (exact) mass is 282 g/mol. The first kappa shape index (κ1) is 13.5. The SMILES string of the molecule is Cc1ccc(C)c(-n2nc(C)nc2Cc2cc(C)no2)c1. The highest BCUT2D eigenvalue weighted by atomic mass is 16.5. The van der Waals surface area contributed by atoms with Crippen LogP contribution in [0.4, 0.5) is 0 Å². The summed E-state index contributed by atoms with van der Waals surface area (Å²) >= 11 is 0. The van der Waals surface area contributed by atoms with Crippen molar-refractivity contribution in [3.63, 3.8) is 0 Å². The van der Waals surface area contributed by atoms with Gasteiger partial charge < -0.3 is 4.52 Å². The van der Waals surface area contributed by atoms with Crippen LogP contribution in [0.25, 0.3) is 5.69 Å². The van der Waals surface area contributed by atoms with Gasteiger partial charge >= 0.3 is 0 Å². The van der Waals surface area contributed by atoms with Crippen LogP contribution in [0.1, 0.15) is 34.2 Å². The van der Waals surface area contributed by atoms with E-state index in [9.17, 15) is 0 Å². The minimum absolute atomic E-state index is 0.578. The molecule has 0 bridgehead atoms. The molecule has 21 heavy (non-hydrogen) atoms. The molecule has 0 unspecified atom stereocenters. The van der Waals surface area contributed by atoms with Crippen LogP contribution in [0.3, 0.4) is 0 Å². The quantitative estimate of drug-likeness (QED) is 0.740. The second kappa shape index (κ2) is 5.16. The van der Waals surface area contributed by atoms with E-state index in [1.165, 1.54) is 11.1 Å². The fraction of sp³-hybridized carbons (Fsp3) is 0.312. The third-order valence-electron chi connectivity index (χ3n) is 3.38. The first-order valence-corrected chi connectivity index (χ1v) is 6.95. The van der Waals surface area contributed by atoms with Crippen molar-refractivity contribution in [2.24, 2.45) is 0 Å². The van der Waals surface area contributed by atoms with E-state index >= 15 is 0 Å². The molecule has 3 aromatic rings. The molecule has 3 rings (SSSR count). The van der Waals surface area contributed by atoms with Crippen molar-refractivity contribution in [2.75, 3.05) is 0 Å². The molecule has 0 aliphatic carbocycles. The van der Waals surface area contributed by atoms with Gasteiger partial charge in [-0.2, -0.15) is 5.10 Å². The van der Waals surface area contributed by atoms with Gasteiger partial charge in [-0.15, -0.1) is 0 Å². The van der Waals surface area contributed by atoms with Gasteiger partial charge in [0.1, 0.15) is 17.4 Å². The van der Waals surface area contributed by atoms with Gasteiger partial charge in [0.2, 0.25) is 0 Å². The lowest BCUT2D eigenvalue weighted by molar-refractivity contribution is 0.383. The van der Waals surface area contributed by atoms with Crippen molar-refractivity contribution < 1.29 is 4.52 Å². The Bertz CT molecular complexity index is 785. The molecule has 1 aromatic carbocycles. The Balaban J connectivity index is 2.05. The maximum absolute atomic E-state index is 5.29. The summed E-state index contributed by atoms with van der Waals surface area (Å²) < 4.78 is 7.19. The fourth-order valence-corrected chi connectivity index (χ4v) is 2.37. The number of rotatable bonds is 3. The van der Waals surface area contributed by atoms with Gasteiger partial charge in [0.05, 0.1) is 17.8 Å². The molecular formula is C16H18N4O. The van der Waals surface area contributed by atoms with Gasteiger partial charge in [0.15, 0.2) is 0 Å². The lowest BCUT2D eigenvalue weighted by atomic mass is 10.1. The smallest absolute Gasteiger partial charge is 0.148 e. The van der Waals surface area contributed by atoms with Gasteiger partial charge in [0.25, 0.3) is 0 Å². The highest BCUT2D eigenvalue weighted by Gasteiger charge is 2.14. The summed E-state index contributed by atoms with van der Waals surface area (Å²) in [5, 5.41) is 8.45. The van der Waals surface area contributed by atoms with Crippen molar-refractivity contribution in [3.05, 3.63) is 58.5 Å². The molecule has 0 amide bonds. The Morgan fingerprint density at radius 3 is 2.62 bits per heavy atom. The first-order valence-electron chi connectivity index (χ1n) is 6.95. The summed E-state index contributed by atoms with van der Waals surface area (Å²) in [5.41, 5.74) is 4.30. The van der Waals surface area contributed by atoms with E-state index in [0.29, 0.717) is 6.42 Å². The van der Waals surface area contributed by atoms with Crippen LogP contribution in [0, 0.1) is 27.7 Å². The first-order chi connectivity index (χ1) is 10.0. The van der Waals surface area contributed by atoms with Crippen molar-refractivity contribution in [1.82, 2.24) is 19.9 Å². The normalized spacial score (nSPS) is 11.0. The number of aryl methyl sites for hydroxylation is 4. The zero-order valence-corrected chi connectivity index (χ0v) is 12.7. The summed E-state index contributed by atoms with van der Waals surface area (Å²) in [4.78, 5) is 4.53. The zero-order chi connectivity index (χ0) is 15.0. The van der Waals surface area contributed by atoms with Crippen LogP contribution in [0.5, 0.6) is 0 Å². The van der Waals surface area contributed by atoms with Crippen LogP contribution < -0.4 is 0 Å². The third kappa shape index (κ3) is 2.72. The number of benzene rings is 1. The maximum Gasteiger partial charge on any atom is 0.148 e. The molecule has 0 saturated carbocycles. The Morgan fingerprint density at radius 2 is 1.90 bits per heavy atom. The third-order valence-corrected chi connectivity index (χ3v) is 3.38. The van der Waals surface area contributed by atoms with Crippen LogP contribution >= 0.6 is 0 Å². The van der Waals surface area contributed by atoms with Crippen molar-refractivity contribution in [1.29, 1.82) is 0 Å². The van der Waals surface area contributed by atoms with E-state index in [1.807, 2.05) is 24.6 Å². The topological polar surface area (TPSA) is 56.7 Å².